The van der Waals surface area contributed by atoms with Crippen LogP contribution in [-0.4, -0.2) is 53.0 Å². The van der Waals surface area contributed by atoms with E-state index in [0.29, 0.717) is 37.7 Å². The molecule has 5 rings (SSSR count). The summed E-state index contributed by atoms with van der Waals surface area (Å²) in [5, 5.41) is 9.32. The van der Waals surface area contributed by atoms with Crippen LogP contribution in [0.3, 0.4) is 0 Å². The van der Waals surface area contributed by atoms with Gasteiger partial charge < -0.3 is 18.9 Å². The van der Waals surface area contributed by atoms with Crippen LogP contribution >= 0.6 is 0 Å². The van der Waals surface area contributed by atoms with Gasteiger partial charge in [0.15, 0.2) is 0 Å². The molecule has 0 unspecified atom stereocenters. The van der Waals surface area contributed by atoms with Crippen LogP contribution in [0.4, 0.5) is 5.82 Å². The molecule has 2 aliphatic heterocycles. The van der Waals surface area contributed by atoms with Gasteiger partial charge in [-0.05, 0) is 24.3 Å². The number of para-hydroxylation sites is 2. The molecule has 0 saturated carbocycles. The lowest BCUT2D eigenvalue weighted by atomic mass is 10.2. The first-order valence-electron chi connectivity index (χ1n) is 9.08. The molecule has 1 aromatic carbocycles. The Morgan fingerprint density at radius 2 is 1.78 bits per heavy atom. The summed E-state index contributed by atoms with van der Waals surface area (Å²) in [6.07, 6.45) is 3.52. The SMILES string of the molecule is N#Cc1cccnc1N1C[C@@H]2OCC(n3cnc4ccccc43)CO[C@H]2C1. The minimum atomic E-state index is -0.0293. The average molecular weight is 361 g/mol. The Labute approximate surface area is 156 Å². The molecular formula is C20H19N5O2. The molecule has 27 heavy (non-hydrogen) atoms. The number of anilines is 1. The number of hydrogen-bond donors (Lipinski definition) is 0. The van der Waals surface area contributed by atoms with Crippen molar-refractivity contribution in [2.75, 3.05) is 31.2 Å². The molecule has 4 heterocycles. The fraction of sp³-hybridized carbons (Fsp3) is 0.350. The minimum absolute atomic E-state index is 0.0293. The number of imidazole rings is 1. The second-order valence-electron chi connectivity index (χ2n) is 6.93. The van der Waals surface area contributed by atoms with E-state index in [-0.39, 0.29) is 18.2 Å². The first-order chi connectivity index (χ1) is 13.3. The highest BCUT2D eigenvalue weighted by molar-refractivity contribution is 5.75. The van der Waals surface area contributed by atoms with E-state index in [0.717, 1.165) is 11.0 Å². The van der Waals surface area contributed by atoms with Gasteiger partial charge in [0.05, 0.1) is 42.2 Å². The van der Waals surface area contributed by atoms with Gasteiger partial charge in [0.1, 0.15) is 24.1 Å². The molecule has 0 N–H and O–H groups in total. The van der Waals surface area contributed by atoms with Crippen LogP contribution in [-0.2, 0) is 9.47 Å². The van der Waals surface area contributed by atoms with E-state index >= 15 is 0 Å². The van der Waals surface area contributed by atoms with E-state index in [9.17, 15) is 5.26 Å². The number of nitrogens with zero attached hydrogens (tertiary/aromatic N) is 5. The standard InChI is InChI=1S/C20H19N5O2/c21-8-14-4-3-7-22-20(14)24-9-18-19(10-24)27-12-15(11-26-18)25-13-23-16-5-1-2-6-17(16)25/h1-7,13,15,18-19H,9-12H2/t18-,19-/m0/s1. The third-order valence-electron chi connectivity index (χ3n) is 5.30. The van der Waals surface area contributed by atoms with Crippen LogP contribution in [0.5, 0.6) is 0 Å². The monoisotopic (exact) mass is 361 g/mol. The Bertz CT molecular complexity index is 995. The summed E-state index contributed by atoms with van der Waals surface area (Å²) in [4.78, 5) is 10.9. The van der Waals surface area contributed by atoms with Gasteiger partial charge in [0.2, 0.25) is 0 Å². The number of pyridine rings is 1. The Hall–Kier alpha value is -2.95. The van der Waals surface area contributed by atoms with E-state index in [2.05, 4.69) is 31.6 Å². The van der Waals surface area contributed by atoms with Crippen LogP contribution in [0, 0.1) is 11.3 Å². The third kappa shape index (κ3) is 2.83. The van der Waals surface area contributed by atoms with Crippen molar-refractivity contribution in [3.63, 3.8) is 0 Å². The number of benzene rings is 1. The molecule has 0 spiro atoms. The Kier molecular flexibility index (Phi) is 4.00. The maximum atomic E-state index is 9.32. The van der Waals surface area contributed by atoms with Crippen molar-refractivity contribution in [3.8, 4) is 6.07 Å². The lowest BCUT2D eigenvalue weighted by Gasteiger charge is -2.21. The first-order valence-corrected chi connectivity index (χ1v) is 9.08. The van der Waals surface area contributed by atoms with Crippen molar-refractivity contribution in [2.24, 2.45) is 0 Å². The van der Waals surface area contributed by atoms with Crippen molar-refractivity contribution in [1.29, 1.82) is 5.26 Å². The number of aromatic nitrogens is 3. The molecule has 2 saturated heterocycles. The molecular weight excluding hydrogens is 342 g/mol. The van der Waals surface area contributed by atoms with Crippen LogP contribution < -0.4 is 4.90 Å². The number of rotatable bonds is 2. The van der Waals surface area contributed by atoms with Crippen LogP contribution in [0.15, 0.2) is 48.9 Å². The summed E-state index contributed by atoms with van der Waals surface area (Å²) < 4.78 is 14.6. The zero-order valence-corrected chi connectivity index (χ0v) is 14.7. The molecule has 2 atom stereocenters. The average Bonchev–Trinajstić information content (AvgIpc) is 3.28. The number of fused-ring (bicyclic) bond motifs is 2. The number of ether oxygens (including phenoxy) is 2. The Morgan fingerprint density at radius 3 is 2.56 bits per heavy atom. The summed E-state index contributed by atoms with van der Waals surface area (Å²) in [6, 6.07) is 14.0. The predicted molar refractivity (Wildman–Crippen MR) is 99.4 cm³/mol. The largest absolute Gasteiger partial charge is 0.371 e. The lowest BCUT2D eigenvalue weighted by Crippen LogP contribution is -2.27. The highest BCUT2D eigenvalue weighted by Crippen LogP contribution is 2.29. The quantitative estimate of drug-likeness (QED) is 0.696. The van der Waals surface area contributed by atoms with Gasteiger partial charge in [0, 0.05) is 19.3 Å². The second kappa shape index (κ2) is 6.65. The third-order valence-corrected chi connectivity index (χ3v) is 5.30. The number of nitriles is 1. The van der Waals surface area contributed by atoms with Gasteiger partial charge in [-0.15, -0.1) is 0 Å². The molecule has 7 nitrogen and oxygen atoms in total. The normalized spacial score (nSPS) is 23.1. The molecule has 2 aliphatic rings. The Balaban J connectivity index is 1.33. The number of hydrogen-bond acceptors (Lipinski definition) is 6. The van der Waals surface area contributed by atoms with Crippen LogP contribution in [0.1, 0.15) is 11.6 Å². The van der Waals surface area contributed by atoms with Gasteiger partial charge in [0.25, 0.3) is 0 Å². The van der Waals surface area contributed by atoms with Gasteiger partial charge in [-0.2, -0.15) is 5.26 Å². The second-order valence-corrected chi connectivity index (χ2v) is 6.93. The van der Waals surface area contributed by atoms with Crippen LogP contribution in [0.25, 0.3) is 11.0 Å². The molecule has 3 aromatic rings. The molecule has 0 aliphatic carbocycles. The van der Waals surface area contributed by atoms with E-state index in [1.54, 1.807) is 18.3 Å². The topological polar surface area (TPSA) is 76.2 Å². The van der Waals surface area contributed by atoms with Gasteiger partial charge in [-0.3, -0.25) is 0 Å². The summed E-state index contributed by atoms with van der Waals surface area (Å²) in [5.41, 5.74) is 2.65. The van der Waals surface area contributed by atoms with Gasteiger partial charge in [-0.1, -0.05) is 12.1 Å². The molecule has 2 fully saturated rings. The van der Waals surface area contributed by atoms with Crippen LogP contribution in [0.2, 0.25) is 0 Å². The van der Waals surface area contributed by atoms with Crippen molar-refractivity contribution in [3.05, 3.63) is 54.5 Å². The van der Waals surface area contributed by atoms with Gasteiger partial charge >= 0.3 is 0 Å². The van der Waals surface area contributed by atoms with E-state index in [1.807, 2.05) is 24.5 Å². The van der Waals surface area contributed by atoms with E-state index < -0.39 is 0 Å². The lowest BCUT2D eigenvalue weighted by molar-refractivity contribution is -0.00461. The fourth-order valence-corrected chi connectivity index (χ4v) is 3.92. The van der Waals surface area contributed by atoms with Crippen molar-refractivity contribution >= 4 is 16.9 Å². The molecule has 0 amide bonds. The maximum absolute atomic E-state index is 9.32. The smallest absolute Gasteiger partial charge is 0.146 e. The molecule has 0 radical (unpaired) electrons. The van der Waals surface area contributed by atoms with E-state index in [1.165, 1.54) is 0 Å². The van der Waals surface area contributed by atoms with E-state index in [4.69, 9.17) is 9.47 Å². The minimum Gasteiger partial charge on any atom is -0.371 e. The van der Waals surface area contributed by atoms with Gasteiger partial charge in [-0.25, -0.2) is 9.97 Å². The zero-order chi connectivity index (χ0) is 18.2. The molecule has 136 valence electrons. The van der Waals surface area contributed by atoms with Crippen molar-refractivity contribution < 1.29 is 9.47 Å². The first kappa shape index (κ1) is 16.2. The van der Waals surface area contributed by atoms with Crippen molar-refractivity contribution in [1.82, 2.24) is 14.5 Å². The predicted octanol–water partition coefficient (Wildman–Crippen LogP) is 2.15. The Morgan fingerprint density at radius 1 is 1.00 bits per heavy atom. The zero-order valence-electron chi connectivity index (χ0n) is 14.7. The highest BCUT2D eigenvalue weighted by Gasteiger charge is 2.39. The summed E-state index contributed by atoms with van der Waals surface area (Å²) in [6.45, 7) is 2.49. The summed E-state index contributed by atoms with van der Waals surface area (Å²) in [7, 11) is 0. The molecule has 2 aromatic heterocycles. The summed E-state index contributed by atoms with van der Waals surface area (Å²) in [5.74, 6) is 0.706. The molecule has 0 bridgehead atoms. The molecule has 7 heteroatoms. The fourth-order valence-electron chi connectivity index (χ4n) is 3.92. The highest BCUT2D eigenvalue weighted by atomic mass is 16.6. The summed E-state index contributed by atoms with van der Waals surface area (Å²) >= 11 is 0. The maximum Gasteiger partial charge on any atom is 0.146 e. The van der Waals surface area contributed by atoms with Crippen molar-refractivity contribution in [2.45, 2.75) is 18.2 Å².